The van der Waals surface area contributed by atoms with Gasteiger partial charge in [-0.15, -0.1) is 0 Å². The first-order chi connectivity index (χ1) is 7.83. The molecule has 0 bridgehead atoms. The maximum Gasteiger partial charge on any atom is 0.231 e. The first-order valence-electron chi connectivity index (χ1n) is 4.39. The Labute approximate surface area is 103 Å². The minimum Gasteiger partial charge on any atom is -0.454 e. The van der Waals surface area contributed by atoms with Crippen molar-refractivity contribution in [1.82, 2.24) is 4.37 Å². The molecular formula is C9H5ClN2O2S2. The standard InChI is InChI=1S/C9H5ClN2O2S2/c10-8-9(15-16-12-8)11-5-1-2-6-7(3-5)14-4-13-6/h1-3H,4H2. The summed E-state index contributed by atoms with van der Waals surface area (Å²) in [6.45, 7) is 0.266. The van der Waals surface area contributed by atoms with E-state index in [0.717, 1.165) is 11.4 Å². The van der Waals surface area contributed by atoms with Crippen molar-refractivity contribution in [2.45, 2.75) is 0 Å². The van der Waals surface area contributed by atoms with Crippen molar-refractivity contribution in [3.8, 4) is 11.5 Å². The van der Waals surface area contributed by atoms with Crippen molar-refractivity contribution in [2.75, 3.05) is 6.79 Å². The Balaban J connectivity index is 2.06. The SMILES string of the molecule is Clc1nssc1=Nc1ccc2c(c1)OCO2. The molecule has 2 heterocycles. The van der Waals surface area contributed by atoms with E-state index in [1.165, 1.54) is 20.9 Å². The van der Waals surface area contributed by atoms with E-state index >= 15 is 0 Å². The molecule has 0 fully saturated rings. The number of ether oxygens (including phenoxy) is 2. The lowest BCUT2D eigenvalue weighted by Crippen LogP contribution is -1.93. The third-order valence-electron chi connectivity index (χ3n) is 2.00. The van der Waals surface area contributed by atoms with Crippen molar-refractivity contribution in [3.63, 3.8) is 0 Å². The summed E-state index contributed by atoms with van der Waals surface area (Å²) >= 11 is 5.87. The normalized spacial score (nSPS) is 14.4. The molecule has 0 spiro atoms. The number of halogens is 1. The molecule has 0 saturated heterocycles. The van der Waals surface area contributed by atoms with Gasteiger partial charge in [-0.25, -0.2) is 4.99 Å². The fourth-order valence-electron chi connectivity index (χ4n) is 1.30. The number of aromatic nitrogens is 1. The van der Waals surface area contributed by atoms with E-state index in [2.05, 4.69) is 9.37 Å². The highest BCUT2D eigenvalue weighted by Gasteiger charge is 2.12. The zero-order valence-electron chi connectivity index (χ0n) is 7.84. The molecule has 1 aliphatic heterocycles. The Morgan fingerprint density at radius 2 is 2.19 bits per heavy atom. The quantitative estimate of drug-likeness (QED) is 0.750. The molecule has 0 amide bonds. The van der Waals surface area contributed by atoms with Gasteiger partial charge in [0.1, 0.15) is 0 Å². The highest BCUT2D eigenvalue weighted by molar-refractivity contribution is 7.66. The highest BCUT2D eigenvalue weighted by Crippen LogP contribution is 2.35. The summed E-state index contributed by atoms with van der Waals surface area (Å²) in [6, 6.07) is 5.51. The summed E-state index contributed by atoms with van der Waals surface area (Å²) in [5.41, 5.74) is 0.780. The van der Waals surface area contributed by atoms with Crippen LogP contribution in [-0.2, 0) is 0 Å². The summed E-state index contributed by atoms with van der Waals surface area (Å²) in [7, 11) is 2.76. The van der Waals surface area contributed by atoms with Crippen LogP contribution in [-0.4, -0.2) is 11.2 Å². The molecule has 7 heteroatoms. The number of rotatable bonds is 1. The van der Waals surface area contributed by atoms with E-state index in [1.807, 2.05) is 18.2 Å². The number of hydrogen-bond acceptors (Lipinski definition) is 6. The van der Waals surface area contributed by atoms with Gasteiger partial charge in [-0.1, -0.05) is 11.6 Å². The molecule has 0 N–H and O–H groups in total. The first-order valence-corrected chi connectivity index (χ1v) is 6.87. The molecule has 0 aliphatic carbocycles. The molecule has 4 nitrogen and oxygen atoms in total. The maximum atomic E-state index is 5.87. The molecule has 1 aromatic heterocycles. The second-order valence-electron chi connectivity index (χ2n) is 2.99. The molecule has 0 unspecified atom stereocenters. The van der Waals surface area contributed by atoms with Gasteiger partial charge in [0.15, 0.2) is 21.3 Å². The Kier molecular flexibility index (Phi) is 2.55. The minimum absolute atomic E-state index is 0.266. The van der Waals surface area contributed by atoms with Crippen LogP contribution in [0.3, 0.4) is 0 Å². The Hall–Kier alpha value is -1.11. The van der Waals surface area contributed by atoms with Crippen LogP contribution in [0.1, 0.15) is 0 Å². The third-order valence-corrected chi connectivity index (χ3v) is 4.17. The Bertz CT molecular complexity index is 593. The summed E-state index contributed by atoms with van der Waals surface area (Å²) in [4.78, 5) is 4.38. The molecule has 0 saturated carbocycles. The van der Waals surface area contributed by atoms with Crippen LogP contribution in [0.4, 0.5) is 5.69 Å². The van der Waals surface area contributed by atoms with Gasteiger partial charge >= 0.3 is 0 Å². The maximum absolute atomic E-state index is 5.87. The summed E-state index contributed by atoms with van der Waals surface area (Å²) in [5, 5.41) is 0.438. The van der Waals surface area contributed by atoms with Gasteiger partial charge in [-0.2, -0.15) is 4.37 Å². The minimum atomic E-state index is 0.266. The number of nitrogens with zero attached hydrogens (tertiary/aromatic N) is 2. The molecule has 3 rings (SSSR count). The average Bonchev–Trinajstić information content (AvgIpc) is 2.88. The fraction of sp³-hybridized carbons (Fsp3) is 0.111. The van der Waals surface area contributed by atoms with E-state index in [1.54, 1.807) is 0 Å². The second kappa shape index (κ2) is 4.04. The van der Waals surface area contributed by atoms with Gasteiger partial charge in [0, 0.05) is 16.6 Å². The van der Waals surface area contributed by atoms with Crippen LogP contribution in [0.2, 0.25) is 5.15 Å². The zero-order chi connectivity index (χ0) is 11.0. The molecule has 0 radical (unpaired) electrons. The number of hydrogen-bond donors (Lipinski definition) is 0. The lowest BCUT2D eigenvalue weighted by atomic mass is 10.3. The van der Waals surface area contributed by atoms with Gasteiger partial charge in [0.2, 0.25) is 6.79 Å². The van der Waals surface area contributed by atoms with Gasteiger partial charge in [0.05, 0.1) is 5.69 Å². The third kappa shape index (κ3) is 1.79. The molecule has 16 heavy (non-hydrogen) atoms. The summed E-state index contributed by atoms with van der Waals surface area (Å²) in [5.74, 6) is 1.46. The van der Waals surface area contributed by atoms with Crippen LogP contribution >= 0.6 is 32.5 Å². The average molecular weight is 273 g/mol. The van der Waals surface area contributed by atoms with E-state index in [-0.39, 0.29) is 6.79 Å². The van der Waals surface area contributed by atoms with Crippen LogP contribution < -0.4 is 14.1 Å². The Morgan fingerprint density at radius 1 is 1.31 bits per heavy atom. The number of fused-ring (bicyclic) bond motifs is 1. The second-order valence-corrected chi connectivity index (χ2v) is 5.18. The predicted octanol–water partition coefficient (Wildman–Crippen LogP) is 2.82. The van der Waals surface area contributed by atoms with Gasteiger partial charge in [0.25, 0.3) is 0 Å². The van der Waals surface area contributed by atoms with Crippen molar-refractivity contribution in [2.24, 2.45) is 4.99 Å². The molecule has 1 aromatic carbocycles. The topological polar surface area (TPSA) is 43.7 Å². The van der Waals surface area contributed by atoms with E-state index < -0.39 is 0 Å². The van der Waals surface area contributed by atoms with Crippen LogP contribution in [0, 0.1) is 0 Å². The van der Waals surface area contributed by atoms with Crippen LogP contribution in [0.5, 0.6) is 11.5 Å². The van der Waals surface area contributed by atoms with Crippen molar-refractivity contribution in [3.05, 3.63) is 28.0 Å². The predicted molar refractivity (Wildman–Crippen MR) is 62.8 cm³/mol. The fourth-order valence-corrected chi connectivity index (χ4v) is 3.29. The molecule has 82 valence electrons. The van der Waals surface area contributed by atoms with Gasteiger partial charge < -0.3 is 9.47 Å². The van der Waals surface area contributed by atoms with Crippen LogP contribution in [0.25, 0.3) is 0 Å². The van der Waals surface area contributed by atoms with E-state index in [9.17, 15) is 0 Å². The van der Waals surface area contributed by atoms with Crippen molar-refractivity contribution in [1.29, 1.82) is 0 Å². The largest absolute Gasteiger partial charge is 0.454 e. The molecule has 2 aromatic rings. The van der Waals surface area contributed by atoms with Gasteiger partial charge in [-0.3, -0.25) is 0 Å². The van der Waals surface area contributed by atoms with Crippen molar-refractivity contribution >= 4 is 38.2 Å². The monoisotopic (exact) mass is 272 g/mol. The summed E-state index contributed by atoms with van der Waals surface area (Å²) in [6.07, 6.45) is 0. The lowest BCUT2D eigenvalue weighted by Gasteiger charge is -1.96. The molecule has 1 aliphatic rings. The number of benzene rings is 1. The Morgan fingerprint density at radius 3 is 3.00 bits per heavy atom. The van der Waals surface area contributed by atoms with E-state index in [0.29, 0.717) is 15.6 Å². The molecular weight excluding hydrogens is 268 g/mol. The van der Waals surface area contributed by atoms with Crippen molar-refractivity contribution < 1.29 is 9.47 Å². The van der Waals surface area contributed by atoms with Crippen LogP contribution in [0.15, 0.2) is 23.2 Å². The summed E-state index contributed by atoms with van der Waals surface area (Å²) < 4.78 is 15.2. The zero-order valence-corrected chi connectivity index (χ0v) is 10.2. The smallest absolute Gasteiger partial charge is 0.231 e. The lowest BCUT2D eigenvalue weighted by molar-refractivity contribution is 0.174. The van der Waals surface area contributed by atoms with E-state index in [4.69, 9.17) is 21.1 Å². The highest BCUT2D eigenvalue weighted by atomic mass is 35.5. The first kappa shape index (κ1) is 10.1. The van der Waals surface area contributed by atoms with Gasteiger partial charge in [-0.05, 0) is 22.5 Å². The molecule has 0 atom stereocenters.